The van der Waals surface area contributed by atoms with Crippen LogP contribution in [-0.2, 0) is 17.9 Å². The smallest absolute Gasteiger partial charge is 0.317 e. The maximum atomic E-state index is 12.3. The van der Waals surface area contributed by atoms with Crippen LogP contribution in [0.4, 0.5) is 4.79 Å². The molecule has 0 spiro atoms. The van der Waals surface area contributed by atoms with Crippen LogP contribution in [0.25, 0.3) is 0 Å². The van der Waals surface area contributed by atoms with Crippen LogP contribution in [0.15, 0.2) is 42.7 Å². The normalized spacial score (nSPS) is 16.7. The van der Waals surface area contributed by atoms with E-state index in [4.69, 9.17) is 0 Å². The maximum absolute atomic E-state index is 12.3. The lowest BCUT2D eigenvalue weighted by Crippen LogP contribution is -2.39. The van der Waals surface area contributed by atoms with Gasteiger partial charge in [0.2, 0.25) is 5.91 Å². The van der Waals surface area contributed by atoms with Crippen molar-refractivity contribution in [2.24, 2.45) is 5.92 Å². The van der Waals surface area contributed by atoms with Crippen LogP contribution >= 0.6 is 0 Å². The fraction of sp³-hybridized carbons (Fsp3) is 0.389. The number of rotatable bonds is 5. The third kappa shape index (κ3) is 4.37. The first kappa shape index (κ1) is 17.0. The summed E-state index contributed by atoms with van der Waals surface area (Å²) in [6.07, 6.45) is 4.39. The number of hydrogen-bond donors (Lipinski definition) is 2. The molecule has 3 amide bonds. The second-order valence-electron chi connectivity index (χ2n) is 6.23. The van der Waals surface area contributed by atoms with Gasteiger partial charge in [-0.2, -0.15) is 5.10 Å². The molecule has 0 bridgehead atoms. The Morgan fingerprint density at radius 2 is 2.12 bits per heavy atom. The molecule has 1 atom stereocenters. The zero-order valence-electron chi connectivity index (χ0n) is 14.3. The molecule has 1 aliphatic rings. The van der Waals surface area contributed by atoms with E-state index in [1.54, 1.807) is 18.1 Å². The lowest BCUT2D eigenvalue weighted by atomic mass is 10.1. The number of amides is 3. The number of nitrogens with zero attached hydrogens (tertiary/aromatic N) is 3. The molecular formula is C18H23N5O2. The van der Waals surface area contributed by atoms with Gasteiger partial charge in [-0.05, 0) is 23.6 Å². The lowest BCUT2D eigenvalue weighted by molar-refractivity contribution is -0.124. The molecule has 1 fully saturated rings. The van der Waals surface area contributed by atoms with Crippen LogP contribution in [0.1, 0.15) is 17.5 Å². The molecule has 2 N–H and O–H groups in total. The first-order valence-corrected chi connectivity index (χ1v) is 8.45. The van der Waals surface area contributed by atoms with Gasteiger partial charge in [0.05, 0.1) is 12.5 Å². The molecule has 7 nitrogen and oxygen atoms in total. The van der Waals surface area contributed by atoms with Crippen LogP contribution in [0.2, 0.25) is 0 Å². The van der Waals surface area contributed by atoms with Crippen molar-refractivity contribution in [1.29, 1.82) is 0 Å². The van der Waals surface area contributed by atoms with Gasteiger partial charge in [-0.1, -0.05) is 24.3 Å². The number of hydrogen-bond acceptors (Lipinski definition) is 3. The van der Waals surface area contributed by atoms with E-state index in [1.807, 2.05) is 35.1 Å². The molecule has 0 aliphatic carbocycles. The van der Waals surface area contributed by atoms with E-state index >= 15 is 0 Å². The van der Waals surface area contributed by atoms with Crippen molar-refractivity contribution in [3.8, 4) is 0 Å². The Hall–Kier alpha value is -2.83. The summed E-state index contributed by atoms with van der Waals surface area (Å²) in [4.78, 5) is 25.6. The predicted octanol–water partition coefficient (Wildman–Crippen LogP) is 1.21. The van der Waals surface area contributed by atoms with E-state index in [0.717, 1.165) is 11.1 Å². The minimum atomic E-state index is -0.121. The minimum Gasteiger partial charge on any atom is -0.359 e. The number of aromatic nitrogens is 2. The van der Waals surface area contributed by atoms with Crippen LogP contribution in [0.3, 0.4) is 0 Å². The third-order valence-electron chi connectivity index (χ3n) is 4.43. The summed E-state index contributed by atoms with van der Waals surface area (Å²) in [6.45, 7) is 2.26. The number of carbonyl (C=O) groups excluding carboxylic acids is 2. The van der Waals surface area contributed by atoms with Crippen molar-refractivity contribution in [1.82, 2.24) is 25.3 Å². The maximum Gasteiger partial charge on any atom is 0.317 e. The molecule has 2 aromatic rings. The number of nitrogens with one attached hydrogen (secondary N) is 2. The molecule has 1 aromatic carbocycles. The molecular weight excluding hydrogens is 318 g/mol. The average Bonchev–Trinajstić information content (AvgIpc) is 3.31. The van der Waals surface area contributed by atoms with Gasteiger partial charge in [0.1, 0.15) is 0 Å². The fourth-order valence-electron chi connectivity index (χ4n) is 3.07. The summed E-state index contributed by atoms with van der Waals surface area (Å²) in [5.41, 5.74) is 2.18. The van der Waals surface area contributed by atoms with E-state index in [9.17, 15) is 9.59 Å². The Bertz CT molecular complexity index is 729. The van der Waals surface area contributed by atoms with E-state index in [0.29, 0.717) is 32.6 Å². The first-order valence-electron chi connectivity index (χ1n) is 8.45. The zero-order chi connectivity index (χ0) is 17.6. The van der Waals surface area contributed by atoms with E-state index < -0.39 is 0 Å². The number of likely N-dealkylation sites (tertiary alicyclic amines) is 1. The molecule has 7 heteroatoms. The van der Waals surface area contributed by atoms with Crippen molar-refractivity contribution >= 4 is 11.9 Å². The zero-order valence-corrected chi connectivity index (χ0v) is 14.3. The molecule has 1 saturated heterocycles. The number of benzene rings is 1. The van der Waals surface area contributed by atoms with Crippen molar-refractivity contribution in [3.05, 3.63) is 53.9 Å². The van der Waals surface area contributed by atoms with E-state index in [1.165, 1.54) is 0 Å². The van der Waals surface area contributed by atoms with Gasteiger partial charge in [0.15, 0.2) is 0 Å². The van der Waals surface area contributed by atoms with Gasteiger partial charge in [0, 0.05) is 39.1 Å². The highest BCUT2D eigenvalue weighted by atomic mass is 16.2. The van der Waals surface area contributed by atoms with Gasteiger partial charge in [-0.25, -0.2) is 4.79 Å². The molecule has 0 saturated carbocycles. The van der Waals surface area contributed by atoms with E-state index in [2.05, 4.69) is 21.8 Å². The van der Waals surface area contributed by atoms with Gasteiger partial charge in [-0.15, -0.1) is 0 Å². The number of urea groups is 1. The van der Waals surface area contributed by atoms with Crippen molar-refractivity contribution in [2.75, 3.05) is 20.1 Å². The van der Waals surface area contributed by atoms with Crippen LogP contribution in [-0.4, -0.2) is 46.8 Å². The van der Waals surface area contributed by atoms with Crippen molar-refractivity contribution in [3.63, 3.8) is 0 Å². The van der Waals surface area contributed by atoms with Crippen LogP contribution in [0, 0.1) is 5.92 Å². The Balaban J connectivity index is 1.51. The second-order valence-corrected chi connectivity index (χ2v) is 6.23. The standard InChI is InChI=1S/C18H23N5O2/c1-19-17(24)16-6-9-22(13-16)18(25)20-11-14-4-2-5-15(10-14)12-23-8-3-7-21-23/h2-5,7-8,10,16H,6,9,11-13H2,1H3,(H,19,24)(H,20,25). The third-order valence-corrected chi connectivity index (χ3v) is 4.43. The summed E-state index contributed by atoms with van der Waals surface area (Å²) < 4.78 is 1.86. The highest BCUT2D eigenvalue weighted by Crippen LogP contribution is 2.16. The molecule has 1 aliphatic heterocycles. The number of carbonyl (C=O) groups is 2. The monoisotopic (exact) mass is 341 g/mol. The topological polar surface area (TPSA) is 79.3 Å². The summed E-state index contributed by atoms with van der Waals surface area (Å²) >= 11 is 0. The van der Waals surface area contributed by atoms with Gasteiger partial charge in [-0.3, -0.25) is 9.48 Å². The Labute approximate surface area is 147 Å². The van der Waals surface area contributed by atoms with Crippen molar-refractivity contribution < 1.29 is 9.59 Å². The molecule has 1 aromatic heterocycles. The summed E-state index contributed by atoms with van der Waals surface area (Å²) in [5, 5.41) is 9.78. The Morgan fingerprint density at radius 3 is 2.88 bits per heavy atom. The van der Waals surface area contributed by atoms with Gasteiger partial charge in [0.25, 0.3) is 0 Å². The second kappa shape index (κ2) is 7.83. The van der Waals surface area contributed by atoms with Crippen molar-refractivity contribution in [2.45, 2.75) is 19.5 Å². The average molecular weight is 341 g/mol. The molecule has 3 rings (SSSR count). The molecule has 132 valence electrons. The molecule has 1 unspecified atom stereocenters. The fourth-order valence-corrected chi connectivity index (χ4v) is 3.07. The predicted molar refractivity (Wildman–Crippen MR) is 93.8 cm³/mol. The first-order chi connectivity index (χ1) is 12.2. The Morgan fingerprint density at radius 1 is 1.28 bits per heavy atom. The van der Waals surface area contributed by atoms with Crippen LogP contribution in [0.5, 0.6) is 0 Å². The highest BCUT2D eigenvalue weighted by Gasteiger charge is 2.30. The Kier molecular flexibility index (Phi) is 5.33. The summed E-state index contributed by atoms with van der Waals surface area (Å²) in [5.74, 6) is -0.102. The molecule has 2 heterocycles. The lowest BCUT2D eigenvalue weighted by Gasteiger charge is -2.17. The van der Waals surface area contributed by atoms with Gasteiger partial charge >= 0.3 is 6.03 Å². The summed E-state index contributed by atoms with van der Waals surface area (Å²) in [7, 11) is 1.63. The molecule has 0 radical (unpaired) electrons. The van der Waals surface area contributed by atoms with Crippen LogP contribution < -0.4 is 10.6 Å². The summed E-state index contributed by atoms with van der Waals surface area (Å²) in [6, 6.07) is 9.86. The quantitative estimate of drug-likeness (QED) is 0.858. The minimum absolute atomic E-state index is 0.00150. The van der Waals surface area contributed by atoms with E-state index in [-0.39, 0.29) is 17.9 Å². The largest absolute Gasteiger partial charge is 0.359 e. The van der Waals surface area contributed by atoms with Gasteiger partial charge < -0.3 is 15.5 Å². The molecule has 25 heavy (non-hydrogen) atoms. The SMILES string of the molecule is CNC(=O)C1CCN(C(=O)NCc2cccc(Cn3cccn3)c2)C1. The highest BCUT2D eigenvalue weighted by molar-refractivity contribution is 5.81.